The third kappa shape index (κ3) is 4.11. The largest absolute Gasteiger partial charge is 0.313 e. The van der Waals surface area contributed by atoms with E-state index in [1.807, 2.05) is 24.7 Å². The highest BCUT2D eigenvalue weighted by atomic mass is 19.1. The first-order chi connectivity index (χ1) is 9.99. The van der Waals surface area contributed by atoms with Crippen molar-refractivity contribution in [1.29, 1.82) is 0 Å². The summed E-state index contributed by atoms with van der Waals surface area (Å²) in [5, 5.41) is 7.52. The SMILES string of the molecule is CNC(Cc1ncnn1CC(C)C)c1cc(C)cc(F)c1. The van der Waals surface area contributed by atoms with E-state index in [2.05, 4.69) is 29.2 Å². The Hall–Kier alpha value is -1.75. The molecule has 1 unspecified atom stereocenters. The molecule has 5 heteroatoms. The molecule has 0 aliphatic carbocycles. The van der Waals surface area contributed by atoms with Crippen molar-refractivity contribution in [2.75, 3.05) is 7.05 Å². The second-order valence-electron chi connectivity index (χ2n) is 5.86. The van der Waals surface area contributed by atoms with Crippen molar-refractivity contribution in [1.82, 2.24) is 20.1 Å². The van der Waals surface area contributed by atoms with E-state index in [1.165, 1.54) is 6.07 Å². The molecule has 0 amide bonds. The lowest BCUT2D eigenvalue weighted by Gasteiger charge is -2.18. The van der Waals surface area contributed by atoms with Crippen LogP contribution in [0.3, 0.4) is 0 Å². The maximum atomic E-state index is 13.6. The Morgan fingerprint density at radius 2 is 2.05 bits per heavy atom. The molecular formula is C16H23FN4. The van der Waals surface area contributed by atoms with Gasteiger partial charge in [0.2, 0.25) is 0 Å². The lowest BCUT2D eigenvalue weighted by molar-refractivity contribution is 0.451. The minimum Gasteiger partial charge on any atom is -0.313 e. The van der Waals surface area contributed by atoms with Crippen LogP contribution in [-0.4, -0.2) is 21.8 Å². The molecule has 0 saturated carbocycles. The zero-order valence-corrected chi connectivity index (χ0v) is 13.1. The normalized spacial score (nSPS) is 12.9. The lowest BCUT2D eigenvalue weighted by Crippen LogP contribution is -2.22. The highest BCUT2D eigenvalue weighted by molar-refractivity contribution is 5.27. The molecule has 21 heavy (non-hydrogen) atoms. The summed E-state index contributed by atoms with van der Waals surface area (Å²) in [5.41, 5.74) is 1.86. The topological polar surface area (TPSA) is 42.7 Å². The van der Waals surface area contributed by atoms with Crippen molar-refractivity contribution in [3.05, 3.63) is 47.3 Å². The van der Waals surface area contributed by atoms with E-state index in [0.717, 1.165) is 23.5 Å². The van der Waals surface area contributed by atoms with Crippen molar-refractivity contribution < 1.29 is 4.39 Å². The predicted molar refractivity (Wildman–Crippen MR) is 81.5 cm³/mol. The Labute approximate surface area is 125 Å². The third-order valence-corrected chi connectivity index (χ3v) is 3.44. The number of nitrogens with one attached hydrogen (secondary N) is 1. The molecule has 0 fully saturated rings. The molecule has 1 N–H and O–H groups in total. The molecule has 0 saturated heterocycles. The van der Waals surface area contributed by atoms with E-state index in [-0.39, 0.29) is 11.9 Å². The molecule has 1 heterocycles. The van der Waals surface area contributed by atoms with Crippen LogP contribution in [0.2, 0.25) is 0 Å². The van der Waals surface area contributed by atoms with Gasteiger partial charge < -0.3 is 5.32 Å². The summed E-state index contributed by atoms with van der Waals surface area (Å²) >= 11 is 0. The second kappa shape index (κ2) is 6.80. The first-order valence-corrected chi connectivity index (χ1v) is 7.30. The molecule has 0 aliphatic heterocycles. The number of halogens is 1. The van der Waals surface area contributed by atoms with Gasteiger partial charge in [-0.2, -0.15) is 5.10 Å². The maximum Gasteiger partial charge on any atom is 0.138 e. The zero-order chi connectivity index (χ0) is 15.4. The van der Waals surface area contributed by atoms with Crippen LogP contribution in [0.15, 0.2) is 24.5 Å². The van der Waals surface area contributed by atoms with E-state index in [1.54, 1.807) is 12.4 Å². The Morgan fingerprint density at radius 1 is 1.29 bits per heavy atom. The van der Waals surface area contributed by atoms with Crippen LogP contribution in [-0.2, 0) is 13.0 Å². The summed E-state index contributed by atoms with van der Waals surface area (Å²) in [6.07, 6.45) is 2.27. The van der Waals surface area contributed by atoms with Crippen molar-refractivity contribution in [3.8, 4) is 0 Å². The number of nitrogens with zero attached hydrogens (tertiary/aromatic N) is 3. The average Bonchev–Trinajstić information content (AvgIpc) is 2.81. The zero-order valence-electron chi connectivity index (χ0n) is 13.1. The summed E-state index contributed by atoms with van der Waals surface area (Å²) in [4.78, 5) is 4.35. The Bertz CT molecular complexity index is 571. The number of likely N-dealkylation sites (N-methyl/N-ethyl adjacent to an activating group) is 1. The van der Waals surface area contributed by atoms with Crippen LogP contribution in [0.1, 0.15) is 36.8 Å². The van der Waals surface area contributed by atoms with Crippen LogP contribution < -0.4 is 5.32 Å². The van der Waals surface area contributed by atoms with Gasteiger partial charge in [-0.25, -0.2) is 14.1 Å². The lowest BCUT2D eigenvalue weighted by atomic mass is 10.0. The van der Waals surface area contributed by atoms with Crippen LogP contribution >= 0.6 is 0 Å². The first kappa shape index (κ1) is 15.6. The molecule has 2 aromatic rings. The highest BCUT2D eigenvalue weighted by Gasteiger charge is 2.16. The van der Waals surface area contributed by atoms with Gasteiger partial charge in [0.1, 0.15) is 18.0 Å². The molecule has 0 aliphatic rings. The summed E-state index contributed by atoms with van der Waals surface area (Å²) in [5.74, 6) is 1.23. The smallest absolute Gasteiger partial charge is 0.138 e. The fraction of sp³-hybridized carbons (Fsp3) is 0.500. The molecule has 0 bridgehead atoms. The van der Waals surface area contributed by atoms with E-state index >= 15 is 0 Å². The number of aryl methyl sites for hydroxylation is 1. The molecule has 4 nitrogen and oxygen atoms in total. The van der Waals surface area contributed by atoms with Gasteiger partial charge in [-0.05, 0) is 43.1 Å². The summed E-state index contributed by atoms with van der Waals surface area (Å²) in [6.45, 7) is 7.04. The van der Waals surface area contributed by atoms with Gasteiger partial charge in [0, 0.05) is 19.0 Å². The van der Waals surface area contributed by atoms with E-state index < -0.39 is 0 Å². The fourth-order valence-corrected chi connectivity index (χ4v) is 2.48. The van der Waals surface area contributed by atoms with E-state index in [0.29, 0.717) is 12.3 Å². The van der Waals surface area contributed by atoms with Crippen LogP contribution in [0.4, 0.5) is 4.39 Å². The monoisotopic (exact) mass is 290 g/mol. The standard InChI is InChI=1S/C16H23FN4/c1-11(2)9-21-16(19-10-20-21)8-15(18-4)13-5-12(3)6-14(17)7-13/h5-7,10-11,15,18H,8-9H2,1-4H3. The van der Waals surface area contributed by atoms with Gasteiger partial charge in [0.15, 0.2) is 0 Å². The van der Waals surface area contributed by atoms with E-state index in [4.69, 9.17) is 0 Å². The van der Waals surface area contributed by atoms with Crippen molar-refractivity contribution in [2.24, 2.45) is 5.92 Å². The van der Waals surface area contributed by atoms with Crippen molar-refractivity contribution >= 4 is 0 Å². The first-order valence-electron chi connectivity index (χ1n) is 7.30. The fourth-order valence-electron chi connectivity index (χ4n) is 2.48. The number of hydrogen-bond acceptors (Lipinski definition) is 3. The summed E-state index contributed by atoms with van der Waals surface area (Å²) < 4.78 is 15.5. The minimum atomic E-state index is -0.200. The highest BCUT2D eigenvalue weighted by Crippen LogP contribution is 2.20. The van der Waals surface area contributed by atoms with Gasteiger partial charge in [-0.15, -0.1) is 0 Å². The number of hydrogen-bond donors (Lipinski definition) is 1. The Morgan fingerprint density at radius 3 is 2.67 bits per heavy atom. The van der Waals surface area contributed by atoms with Gasteiger partial charge in [-0.1, -0.05) is 19.9 Å². The third-order valence-electron chi connectivity index (χ3n) is 3.44. The molecule has 0 spiro atoms. The Kier molecular flexibility index (Phi) is 5.07. The molecule has 0 radical (unpaired) electrons. The van der Waals surface area contributed by atoms with Crippen LogP contribution in [0, 0.1) is 18.7 Å². The van der Waals surface area contributed by atoms with Gasteiger partial charge in [-0.3, -0.25) is 0 Å². The van der Waals surface area contributed by atoms with Crippen LogP contribution in [0.5, 0.6) is 0 Å². The summed E-state index contributed by atoms with van der Waals surface area (Å²) in [7, 11) is 1.88. The van der Waals surface area contributed by atoms with Gasteiger partial charge in [0.05, 0.1) is 0 Å². The maximum absolute atomic E-state index is 13.6. The van der Waals surface area contributed by atoms with Crippen molar-refractivity contribution in [3.63, 3.8) is 0 Å². The number of aromatic nitrogens is 3. The molecule has 1 aromatic carbocycles. The number of rotatable bonds is 6. The van der Waals surface area contributed by atoms with Gasteiger partial charge in [0.25, 0.3) is 0 Å². The van der Waals surface area contributed by atoms with Gasteiger partial charge >= 0.3 is 0 Å². The number of benzene rings is 1. The molecule has 1 aromatic heterocycles. The summed E-state index contributed by atoms with van der Waals surface area (Å²) in [6, 6.07) is 5.15. The average molecular weight is 290 g/mol. The van der Waals surface area contributed by atoms with Crippen LogP contribution in [0.25, 0.3) is 0 Å². The quantitative estimate of drug-likeness (QED) is 0.889. The van der Waals surface area contributed by atoms with Crippen molar-refractivity contribution in [2.45, 2.75) is 39.8 Å². The molecule has 2 rings (SSSR count). The molecular weight excluding hydrogens is 267 g/mol. The predicted octanol–water partition coefficient (Wildman–Crippen LogP) is 2.88. The van der Waals surface area contributed by atoms with E-state index in [9.17, 15) is 4.39 Å². The molecule has 114 valence electrons. The second-order valence-corrected chi connectivity index (χ2v) is 5.86. The molecule has 1 atom stereocenters. The minimum absolute atomic E-state index is 0.0227. The Balaban J connectivity index is 2.21.